The molecule has 8 rings (SSSR count). The average Bonchev–Trinajstić information content (AvgIpc) is 3.52. The molecule has 11 heteroatoms. The van der Waals surface area contributed by atoms with Gasteiger partial charge in [-0.2, -0.15) is 5.01 Å². The zero-order valence-electron chi connectivity index (χ0n) is 29.3. The Balaban J connectivity index is 1.33. The number of carbonyl (C=O) groups excluding carboxylic acids is 4. The van der Waals surface area contributed by atoms with Gasteiger partial charge in [0.1, 0.15) is 11.5 Å². The fraction of sp³-hybridized carbons (Fsp3) is 0.415. The van der Waals surface area contributed by atoms with Crippen molar-refractivity contribution in [3.05, 3.63) is 98.5 Å². The molecule has 0 spiro atoms. The largest absolute Gasteiger partial charge is 0.507 e. The van der Waals surface area contributed by atoms with E-state index in [1.165, 1.54) is 6.07 Å². The van der Waals surface area contributed by atoms with Crippen molar-refractivity contribution in [3.63, 3.8) is 0 Å². The van der Waals surface area contributed by atoms with Gasteiger partial charge in [0.15, 0.2) is 0 Å². The van der Waals surface area contributed by atoms with E-state index in [0.29, 0.717) is 39.6 Å². The number of rotatable bonds is 6. The molecule has 0 aromatic heterocycles. The van der Waals surface area contributed by atoms with Crippen LogP contribution in [0, 0.1) is 37.5 Å². The Kier molecular flexibility index (Phi) is 8.65. The van der Waals surface area contributed by atoms with E-state index in [1.807, 2.05) is 38.1 Å². The number of amides is 4. The average molecular weight is 743 g/mol. The number of fused-ring (bicyclic) bond motifs is 4. The van der Waals surface area contributed by atoms with Crippen LogP contribution in [-0.2, 0) is 24.6 Å². The Morgan fingerprint density at radius 1 is 0.865 bits per heavy atom. The summed E-state index contributed by atoms with van der Waals surface area (Å²) in [4.78, 5) is 60.6. The van der Waals surface area contributed by atoms with Gasteiger partial charge in [-0.05, 0) is 98.0 Å². The quantitative estimate of drug-likeness (QED) is 0.197. The number of halogens is 2. The van der Waals surface area contributed by atoms with Crippen molar-refractivity contribution >= 4 is 52.5 Å². The highest BCUT2D eigenvalue weighted by Crippen LogP contribution is 2.64. The van der Waals surface area contributed by atoms with Gasteiger partial charge in [0.2, 0.25) is 11.8 Å². The number of imide groups is 2. The summed E-state index contributed by atoms with van der Waals surface area (Å²) in [6, 6.07) is 15.7. The molecule has 9 nitrogen and oxygen atoms in total. The molecular formula is C41H41Cl2N3O6. The number of ether oxygens (including phenoxy) is 1. The summed E-state index contributed by atoms with van der Waals surface area (Å²) in [7, 11) is 1.57. The van der Waals surface area contributed by atoms with Crippen LogP contribution >= 0.6 is 23.2 Å². The van der Waals surface area contributed by atoms with Crippen molar-refractivity contribution in [1.29, 1.82) is 0 Å². The Hall–Kier alpha value is -4.34. The van der Waals surface area contributed by atoms with Crippen LogP contribution in [0.4, 0.5) is 5.69 Å². The van der Waals surface area contributed by atoms with Crippen molar-refractivity contribution < 1.29 is 29.0 Å². The maximum absolute atomic E-state index is 15.4. The van der Waals surface area contributed by atoms with Crippen LogP contribution in [0.2, 0.25) is 10.0 Å². The number of likely N-dealkylation sites (tertiary alicyclic amines) is 1. The van der Waals surface area contributed by atoms with Crippen molar-refractivity contribution in [2.24, 2.45) is 23.7 Å². The highest BCUT2D eigenvalue weighted by Gasteiger charge is 2.70. The zero-order valence-corrected chi connectivity index (χ0v) is 30.8. The minimum atomic E-state index is -1.46. The molecule has 270 valence electrons. The molecule has 3 aliphatic carbocycles. The SMILES string of the molecule is COc1ccc([C@@]23C(=O)N(Nc4ccc(Cl)cc4Cl)C(=O)[C@@H]2C[C@@H]2C(=CC[C@@H]4C(=O)N(C5CCCCC5)C(=O)[C@@H]42)[C@@H]3c2cc(C)c(O)c(C)c2)cc1. The van der Waals surface area contributed by atoms with Crippen LogP contribution in [-0.4, -0.2) is 51.8 Å². The highest BCUT2D eigenvalue weighted by molar-refractivity contribution is 6.36. The number of hydrogen-bond acceptors (Lipinski definition) is 7. The molecule has 2 saturated carbocycles. The lowest BCUT2D eigenvalue weighted by molar-refractivity contribution is -0.144. The lowest BCUT2D eigenvalue weighted by atomic mass is 9.49. The van der Waals surface area contributed by atoms with Gasteiger partial charge in [0.05, 0.1) is 41.0 Å². The predicted molar refractivity (Wildman–Crippen MR) is 197 cm³/mol. The third-order valence-corrected chi connectivity index (χ3v) is 12.9. The van der Waals surface area contributed by atoms with Crippen LogP contribution in [0.5, 0.6) is 11.5 Å². The first-order chi connectivity index (χ1) is 25.0. The minimum absolute atomic E-state index is 0.110. The second-order valence-electron chi connectivity index (χ2n) is 15.1. The topological polar surface area (TPSA) is 116 Å². The van der Waals surface area contributed by atoms with E-state index in [-0.39, 0.29) is 35.0 Å². The second-order valence-corrected chi connectivity index (χ2v) is 15.9. The van der Waals surface area contributed by atoms with Gasteiger partial charge < -0.3 is 9.84 Å². The van der Waals surface area contributed by atoms with Crippen LogP contribution in [0.15, 0.2) is 66.2 Å². The van der Waals surface area contributed by atoms with E-state index in [1.54, 1.807) is 36.3 Å². The zero-order chi connectivity index (χ0) is 36.6. The third kappa shape index (κ3) is 5.10. The number of methoxy groups -OCH3 is 1. The van der Waals surface area contributed by atoms with Gasteiger partial charge >= 0.3 is 0 Å². The van der Waals surface area contributed by atoms with Gasteiger partial charge in [0.25, 0.3) is 11.8 Å². The number of nitrogens with one attached hydrogen (secondary N) is 1. The van der Waals surface area contributed by atoms with Crippen LogP contribution < -0.4 is 10.2 Å². The smallest absolute Gasteiger partial charge is 0.260 e. The number of phenols is 1. The molecule has 2 saturated heterocycles. The summed E-state index contributed by atoms with van der Waals surface area (Å²) >= 11 is 12.8. The van der Waals surface area contributed by atoms with Crippen molar-refractivity contribution in [1.82, 2.24) is 9.91 Å². The number of nitrogens with zero attached hydrogens (tertiary/aromatic N) is 2. The van der Waals surface area contributed by atoms with E-state index in [2.05, 4.69) is 11.5 Å². The van der Waals surface area contributed by atoms with E-state index in [9.17, 15) is 19.5 Å². The highest BCUT2D eigenvalue weighted by atomic mass is 35.5. The molecule has 5 aliphatic rings. The fourth-order valence-electron chi connectivity index (χ4n) is 10.1. The number of aromatic hydroxyl groups is 1. The molecule has 4 fully saturated rings. The number of hydrogen-bond donors (Lipinski definition) is 2. The maximum atomic E-state index is 15.4. The van der Waals surface area contributed by atoms with E-state index in [0.717, 1.165) is 48.2 Å². The normalized spacial score (nSPS) is 28.8. The van der Waals surface area contributed by atoms with E-state index in [4.69, 9.17) is 27.9 Å². The first-order valence-corrected chi connectivity index (χ1v) is 18.8. The lowest BCUT2D eigenvalue weighted by Gasteiger charge is -2.50. The molecule has 0 unspecified atom stereocenters. The van der Waals surface area contributed by atoms with Crippen molar-refractivity contribution in [2.45, 2.75) is 76.2 Å². The lowest BCUT2D eigenvalue weighted by Crippen LogP contribution is -2.53. The number of hydrazine groups is 1. The summed E-state index contributed by atoms with van der Waals surface area (Å²) in [5, 5.41) is 12.6. The molecule has 0 radical (unpaired) electrons. The molecule has 2 aliphatic heterocycles. The summed E-state index contributed by atoms with van der Waals surface area (Å²) in [6.45, 7) is 3.63. The van der Waals surface area contributed by atoms with Gasteiger partial charge in [-0.1, -0.05) is 78.4 Å². The number of allylic oxidation sites excluding steroid dienone is 2. The number of benzene rings is 3. The third-order valence-electron chi connectivity index (χ3n) is 12.4. The van der Waals surface area contributed by atoms with E-state index < -0.39 is 46.8 Å². The molecule has 2 N–H and O–H groups in total. The predicted octanol–water partition coefficient (Wildman–Crippen LogP) is 7.64. The summed E-state index contributed by atoms with van der Waals surface area (Å²) in [5.41, 5.74) is 5.40. The van der Waals surface area contributed by atoms with Crippen molar-refractivity contribution in [2.75, 3.05) is 12.5 Å². The number of carbonyl (C=O) groups is 4. The first kappa shape index (κ1) is 34.7. The monoisotopic (exact) mass is 741 g/mol. The summed E-state index contributed by atoms with van der Waals surface area (Å²) in [5.74, 6) is -3.70. The Morgan fingerprint density at radius 2 is 1.56 bits per heavy atom. The number of anilines is 1. The number of phenolic OH excluding ortho intramolecular Hbond substituents is 1. The summed E-state index contributed by atoms with van der Waals surface area (Å²) < 4.78 is 5.49. The molecule has 4 amide bonds. The molecule has 2 heterocycles. The second kappa shape index (κ2) is 13.0. The standard InChI is InChI=1S/C41H41Cl2N3O6/c1-21-17-23(18-22(2)36(21)47)35-28-14-15-29-34(39(50)45(37(29)48)26-7-5-4-6-8-26)30(28)20-31-38(49)46(44-33-16-11-25(42)19-32(33)43)40(51)41(31,35)24-9-12-27(52-3)13-10-24/h9-14,16-19,26,29-31,34-35,44,47H,4-8,15,20H2,1-3H3/t29-,30+,31-,34-,35-,41+/m0/s1. The molecule has 0 bridgehead atoms. The van der Waals surface area contributed by atoms with Gasteiger partial charge in [0, 0.05) is 17.0 Å². The first-order valence-electron chi connectivity index (χ1n) is 18.1. The van der Waals surface area contributed by atoms with Crippen LogP contribution in [0.1, 0.15) is 73.1 Å². The Labute approximate surface area is 312 Å². The Morgan fingerprint density at radius 3 is 2.21 bits per heavy atom. The fourth-order valence-corrected chi connectivity index (χ4v) is 10.5. The Bertz CT molecular complexity index is 2020. The van der Waals surface area contributed by atoms with Gasteiger partial charge in [-0.15, -0.1) is 0 Å². The van der Waals surface area contributed by atoms with E-state index >= 15 is 4.79 Å². The van der Waals surface area contributed by atoms with Crippen LogP contribution in [0.25, 0.3) is 0 Å². The molecular weight excluding hydrogens is 701 g/mol. The molecule has 6 atom stereocenters. The van der Waals surface area contributed by atoms with Crippen molar-refractivity contribution in [3.8, 4) is 11.5 Å². The van der Waals surface area contributed by atoms with Crippen LogP contribution in [0.3, 0.4) is 0 Å². The van der Waals surface area contributed by atoms with Gasteiger partial charge in [-0.3, -0.25) is 29.5 Å². The molecule has 52 heavy (non-hydrogen) atoms. The van der Waals surface area contributed by atoms with Gasteiger partial charge in [-0.25, -0.2) is 0 Å². The molecule has 3 aromatic carbocycles. The molecule has 3 aromatic rings. The number of aryl methyl sites for hydroxylation is 2. The minimum Gasteiger partial charge on any atom is -0.507 e. The maximum Gasteiger partial charge on any atom is 0.260 e. The summed E-state index contributed by atoms with van der Waals surface area (Å²) in [6.07, 6.45) is 7.30.